The molecule has 2 aliphatic rings. The Kier molecular flexibility index (Phi) is 6.04. The van der Waals surface area contributed by atoms with Gasteiger partial charge in [0.05, 0.1) is 5.54 Å². The van der Waals surface area contributed by atoms with E-state index in [0.29, 0.717) is 12.3 Å². The van der Waals surface area contributed by atoms with Gasteiger partial charge < -0.3 is 11.1 Å². The molecule has 5 heteroatoms. The summed E-state index contributed by atoms with van der Waals surface area (Å²) in [5.41, 5.74) is 6.79. The molecule has 0 aliphatic heterocycles. The molecule has 0 unspecified atom stereocenters. The quantitative estimate of drug-likeness (QED) is 0.879. The Labute approximate surface area is 143 Å². The zero-order valence-electron chi connectivity index (χ0n) is 13.4. The van der Waals surface area contributed by atoms with Gasteiger partial charge in [0.1, 0.15) is 5.82 Å². The van der Waals surface area contributed by atoms with Gasteiger partial charge in [0.2, 0.25) is 5.91 Å². The van der Waals surface area contributed by atoms with Crippen molar-refractivity contribution in [2.24, 2.45) is 11.7 Å². The second-order valence-corrected chi connectivity index (χ2v) is 6.90. The minimum Gasteiger partial charge on any atom is -0.347 e. The van der Waals surface area contributed by atoms with Crippen molar-refractivity contribution >= 4 is 18.3 Å². The standard InChI is InChI=1S/C18H25FN2O.ClH/c19-15-8-6-14(7-9-15)18(10-1-2-11-18)21-17(22)12-13-4-3-5-16(13)20;/h6-9,13,16H,1-5,10-12,20H2,(H,21,22);1H/t13-,16+;/m0./s1. The smallest absolute Gasteiger partial charge is 0.221 e. The van der Waals surface area contributed by atoms with Crippen molar-refractivity contribution in [1.29, 1.82) is 0 Å². The Balaban J connectivity index is 0.00000192. The first-order chi connectivity index (χ1) is 10.6. The number of benzene rings is 1. The van der Waals surface area contributed by atoms with E-state index >= 15 is 0 Å². The molecule has 0 saturated heterocycles. The van der Waals surface area contributed by atoms with Crippen molar-refractivity contribution in [1.82, 2.24) is 5.32 Å². The number of nitrogens with one attached hydrogen (secondary N) is 1. The van der Waals surface area contributed by atoms with Crippen molar-refractivity contribution in [3.8, 4) is 0 Å². The van der Waals surface area contributed by atoms with Crippen LogP contribution in [0.2, 0.25) is 0 Å². The Bertz CT molecular complexity index is 528. The lowest BCUT2D eigenvalue weighted by Crippen LogP contribution is -2.45. The lowest BCUT2D eigenvalue weighted by Gasteiger charge is -2.32. The number of hydrogen-bond acceptors (Lipinski definition) is 2. The van der Waals surface area contributed by atoms with Gasteiger partial charge in [0.25, 0.3) is 0 Å². The lowest BCUT2D eigenvalue weighted by molar-refractivity contribution is -0.124. The molecule has 0 heterocycles. The number of amides is 1. The van der Waals surface area contributed by atoms with Crippen molar-refractivity contribution in [2.45, 2.75) is 62.9 Å². The number of carbonyl (C=O) groups is 1. The Morgan fingerprint density at radius 3 is 2.39 bits per heavy atom. The summed E-state index contributed by atoms with van der Waals surface area (Å²) in [5, 5.41) is 3.26. The fraction of sp³-hybridized carbons (Fsp3) is 0.611. The molecule has 3 nitrogen and oxygen atoms in total. The first-order valence-corrected chi connectivity index (χ1v) is 8.42. The summed E-state index contributed by atoms with van der Waals surface area (Å²) in [7, 11) is 0. The van der Waals surface area contributed by atoms with Crippen LogP contribution in [-0.2, 0) is 10.3 Å². The van der Waals surface area contributed by atoms with E-state index in [1.54, 1.807) is 0 Å². The molecule has 3 rings (SSSR count). The zero-order valence-corrected chi connectivity index (χ0v) is 14.2. The van der Waals surface area contributed by atoms with Crippen LogP contribution < -0.4 is 11.1 Å². The van der Waals surface area contributed by atoms with Gasteiger partial charge in [-0.2, -0.15) is 0 Å². The molecule has 1 aromatic carbocycles. The Hall–Kier alpha value is -1.13. The van der Waals surface area contributed by atoms with E-state index < -0.39 is 0 Å². The molecule has 1 aromatic rings. The van der Waals surface area contributed by atoms with E-state index in [2.05, 4.69) is 5.32 Å². The van der Waals surface area contributed by atoms with Crippen molar-refractivity contribution in [2.75, 3.05) is 0 Å². The van der Waals surface area contributed by atoms with Crippen LogP contribution in [0.4, 0.5) is 4.39 Å². The molecule has 1 amide bonds. The average molecular weight is 341 g/mol. The fourth-order valence-corrected chi connectivity index (χ4v) is 4.11. The normalized spacial score (nSPS) is 25.8. The highest BCUT2D eigenvalue weighted by atomic mass is 35.5. The van der Waals surface area contributed by atoms with Gasteiger partial charge in [0, 0.05) is 12.5 Å². The van der Waals surface area contributed by atoms with Crippen LogP contribution in [0.1, 0.15) is 56.9 Å². The summed E-state index contributed by atoms with van der Waals surface area (Å²) < 4.78 is 13.2. The summed E-state index contributed by atoms with van der Waals surface area (Å²) in [6.07, 6.45) is 7.79. The molecular weight excluding hydrogens is 315 g/mol. The minimum absolute atomic E-state index is 0. The van der Waals surface area contributed by atoms with Gasteiger partial charge in [-0.25, -0.2) is 4.39 Å². The summed E-state index contributed by atoms with van der Waals surface area (Å²) in [5.74, 6) is 0.167. The molecule has 0 radical (unpaired) electrons. The third-order valence-electron chi connectivity index (χ3n) is 5.40. The number of nitrogens with two attached hydrogens (primary N) is 1. The van der Waals surface area contributed by atoms with Crippen LogP contribution in [0.3, 0.4) is 0 Å². The van der Waals surface area contributed by atoms with E-state index in [1.165, 1.54) is 12.1 Å². The summed E-state index contributed by atoms with van der Waals surface area (Å²) >= 11 is 0. The van der Waals surface area contributed by atoms with Crippen molar-refractivity contribution in [3.63, 3.8) is 0 Å². The topological polar surface area (TPSA) is 55.1 Å². The van der Waals surface area contributed by atoms with Crippen LogP contribution in [0, 0.1) is 11.7 Å². The van der Waals surface area contributed by atoms with E-state index in [9.17, 15) is 9.18 Å². The second-order valence-electron chi connectivity index (χ2n) is 6.90. The van der Waals surface area contributed by atoms with Crippen LogP contribution >= 0.6 is 12.4 Å². The third-order valence-corrected chi connectivity index (χ3v) is 5.40. The van der Waals surface area contributed by atoms with E-state index in [4.69, 9.17) is 5.73 Å². The molecular formula is C18H26ClFN2O. The van der Waals surface area contributed by atoms with Gasteiger partial charge in [-0.1, -0.05) is 31.4 Å². The Morgan fingerprint density at radius 1 is 1.17 bits per heavy atom. The molecule has 0 aromatic heterocycles. The molecule has 2 saturated carbocycles. The van der Waals surface area contributed by atoms with Gasteiger partial charge in [-0.15, -0.1) is 12.4 Å². The third kappa shape index (κ3) is 4.04. The molecule has 0 spiro atoms. The predicted octanol–water partition coefficient (Wildman–Crippen LogP) is 3.65. The van der Waals surface area contributed by atoms with E-state index in [0.717, 1.165) is 50.5 Å². The molecule has 2 aliphatic carbocycles. The number of hydrogen-bond donors (Lipinski definition) is 2. The number of carbonyl (C=O) groups excluding carboxylic acids is 1. The highest BCUT2D eigenvalue weighted by Crippen LogP contribution is 2.39. The molecule has 3 N–H and O–H groups in total. The average Bonchev–Trinajstić information content (AvgIpc) is 3.11. The van der Waals surface area contributed by atoms with E-state index in [-0.39, 0.29) is 35.7 Å². The minimum atomic E-state index is -0.312. The Morgan fingerprint density at radius 2 is 1.83 bits per heavy atom. The monoisotopic (exact) mass is 340 g/mol. The molecule has 23 heavy (non-hydrogen) atoms. The number of rotatable bonds is 4. The zero-order chi connectivity index (χ0) is 15.6. The second kappa shape index (κ2) is 7.63. The van der Waals surface area contributed by atoms with Gasteiger partial charge in [-0.3, -0.25) is 4.79 Å². The highest BCUT2D eigenvalue weighted by molar-refractivity contribution is 5.85. The van der Waals surface area contributed by atoms with Crippen molar-refractivity contribution in [3.05, 3.63) is 35.6 Å². The fourth-order valence-electron chi connectivity index (χ4n) is 4.11. The van der Waals surface area contributed by atoms with Crippen LogP contribution in [-0.4, -0.2) is 11.9 Å². The number of halogens is 2. The maximum Gasteiger partial charge on any atom is 0.221 e. The van der Waals surface area contributed by atoms with Gasteiger partial charge >= 0.3 is 0 Å². The largest absolute Gasteiger partial charge is 0.347 e. The summed E-state index contributed by atoms with van der Waals surface area (Å²) in [6, 6.07) is 6.74. The predicted molar refractivity (Wildman–Crippen MR) is 91.9 cm³/mol. The maximum atomic E-state index is 13.2. The molecule has 2 atom stereocenters. The lowest BCUT2D eigenvalue weighted by atomic mass is 9.87. The highest BCUT2D eigenvalue weighted by Gasteiger charge is 2.38. The SMILES string of the molecule is Cl.N[C@@H]1CCC[C@H]1CC(=O)NC1(c2ccc(F)cc2)CCCC1. The van der Waals surface area contributed by atoms with E-state index in [1.807, 2.05) is 12.1 Å². The van der Waals surface area contributed by atoms with Gasteiger partial charge in [-0.05, 0) is 49.3 Å². The van der Waals surface area contributed by atoms with Crippen molar-refractivity contribution < 1.29 is 9.18 Å². The van der Waals surface area contributed by atoms with Gasteiger partial charge in [0.15, 0.2) is 0 Å². The molecule has 2 fully saturated rings. The maximum absolute atomic E-state index is 13.2. The molecule has 0 bridgehead atoms. The summed E-state index contributed by atoms with van der Waals surface area (Å²) in [6.45, 7) is 0. The van der Waals surface area contributed by atoms with Crippen LogP contribution in [0.5, 0.6) is 0 Å². The van der Waals surface area contributed by atoms with Crippen LogP contribution in [0.25, 0.3) is 0 Å². The first-order valence-electron chi connectivity index (χ1n) is 8.42. The van der Waals surface area contributed by atoms with Crippen LogP contribution in [0.15, 0.2) is 24.3 Å². The molecule has 128 valence electrons. The first kappa shape index (κ1) is 18.2. The summed E-state index contributed by atoms with van der Waals surface area (Å²) in [4.78, 5) is 12.5.